The summed E-state index contributed by atoms with van der Waals surface area (Å²) in [6.07, 6.45) is 9.32. The lowest BCUT2D eigenvalue weighted by molar-refractivity contribution is -0.116. The molecular formula is C21H16N2O2S2. The Morgan fingerprint density at radius 2 is 1.44 bits per heavy atom. The Morgan fingerprint density at radius 3 is 1.85 bits per heavy atom. The minimum atomic E-state index is -0.338. The van der Waals surface area contributed by atoms with E-state index in [0.29, 0.717) is 15.6 Å². The smallest absolute Gasteiger partial charge is 0.191 e. The van der Waals surface area contributed by atoms with Crippen LogP contribution in [0.5, 0.6) is 0 Å². The van der Waals surface area contributed by atoms with Crippen molar-refractivity contribution in [2.45, 2.75) is 6.92 Å². The van der Waals surface area contributed by atoms with Crippen LogP contribution in [-0.2, 0) is 9.59 Å². The van der Waals surface area contributed by atoms with Crippen LogP contribution >= 0.6 is 23.5 Å². The van der Waals surface area contributed by atoms with Gasteiger partial charge in [-0.25, -0.2) is 0 Å². The minimum absolute atomic E-state index is 0.164. The van der Waals surface area contributed by atoms with Crippen LogP contribution in [0.3, 0.4) is 0 Å². The van der Waals surface area contributed by atoms with Gasteiger partial charge in [0.1, 0.15) is 0 Å². The van der Waals surface area contributed by atoms with Crippen molar-refractivity contribution < 1.29 is 9.59 Å². The van der Waals surface area contributed by atoms with E-state index in [-0.39, 0.29) is 17.1 Å². The number of carbonyl (C=O) groups is 2. The zero-order chi connectivity index (χ0) is 19.1. The van der Waals surface area contributed by atoms with E-state index in [9.17, 15) is 9.59 Å². The Labute approximate surface area is 166 Å². The Bertz CT molecular complexity index is 899. The Kier molecular flexibility index (Phi) is 6.57. The lowest BCUT2D eigenvalue weighted by Gasteiger charge is -2.04. The average molecular weight is 393 g/mol. The zero-order valence-corrected chi connectivity index (χ0v) is 16.2. The molecule has 0 spiro atoms. The topological polar surface area (TPSA) is 59.9 Å². The lowest BCUT2D eigenvalue weighted by Crippen LogP contribution is -2.10. The van der Waals surface area contributed by atoms with Crippen LogP contribution in [0.25, 0.3) is 12.2 Å². The van der Waals surface area contributed by atoms with Crippen molar-refractivity contribution in [3.8, 4) is 0 Å². The third kappa shape index (κ3) is 5.39. The molecule has 2 aromatic rings. The molecule has 27 heavy (non-hydrogen) atoms. The number of ketones is 2. The van der Waals surface area contributed by atoms with Crippen LogP contribution in [-0.4, -0.2) is 21.5 Å². The van der Waals surface area contributed by atoms with Crippen molar-refractivity contribution in [2.75, 3.05) is 0 Å². The summed E-state index contributed by atoms with van der Waals surface area (Å²) in [5.74, 6) is -0.677. The van der Waals surface area contributed by atoms with Gasteiger partial charge in [-0.3, -0.25) is 19.6 Å². The molecule has 1 aliphatic heterocycles. The standard InChI is InChI=1S/C21H16N2O2S2/c1-15-14-26-21(27-15)20(18(24)10-8-16-6-2-4-12-22-16)19(25)11-9-17-7-3-5-13-23-17/h2-14H,1H3/b10-8+,11-9+. The molecule has 4 nitrogen and oxygen atoms in total. The van der Waals surface area contributed by atoms with Gasteiger partial charge in [0, 0.05) is 12.4 Å². The number of rotatable bonds is 6. The normalized spacial score (nSPS) is 14.0. The molecule has 0 saturated heterocycles. The number of hydrogen-bond donors (Lipinski definition) is 0. The van der Waals surface area contributed by atoms with Gasteiger partial charge < -0.3 is 0 Å². The van der Waals surface area contributed by atoms with Gasteiger partial charge in [-0.15, -0.1) is 0 Å². The summed E-state index contributed by atoms with van der Waals surface area (Å²) in [7, 11) is 0. The number of carbonyl (C=O) groups excluding carboxylic acids is 2. The number of nitrogens with zero attached hydrogens (tertiary/aromatic N) is 2. The highest BCUT2D eigenvalue weighted by Crippen LogP contribution is 2.45. The van der Waals surface area contributed by atoms with Gasteiger partial charge in [0.05, 0.1) is 21.2 Å². The van der Waals surface area contributed by atoms with Crippen molar-refractivity contribution in [2.24, 2.45) is 0 Å². The van der Waals surface area contributed by atoms with Crippen LogP contribution in [0.4, 0.5) is 0 Å². The fourth-order valence-electron chi connectivity index (χ4n) is 2.20. The average Bonchev–Trinajstić information content (AvgIpc) is 3.12. The quantitative estimate of drug-likeness (QED) is 0.396. The molecule has 3 heterocycles. The molecule has 3 rings (SSSR count). The first kappa shape index (κ1) is 19.1. The van der Waals surface area contributed by atoms with Crippen LogP contribution in [0, 0.1) is 0 Å². The van der Waals surface area contributed by atoms with Gasteiger partial charge in [-0.1, -0.05) is 35.7 Å². The highest BCUT2D eigenvalue weighted by Gasteiger charge is 2.23. The van der Waals surface area contributed by atoms with Crippen molar-refractivity contribution in [3.63, 3.8) is 0 Å². The van der Waals surface area contributed by atoms with Gasteiger partial charge >= 0.3 is 0 Å². The molecule has 1 aliphatic rings. The van der Waals surface area contributed by atoms with Crippen LogP contribution in [0.15, 0.2) is 81.1 Å². The van der Waals surface area contributed by atoms with E-state index in [4.69, 9.17) is 0 Å². The first-order valence-corrected chi connectivity index (χ1v) is 9.85. The maximum Gasteiger partial charge on any atom is 0.191 e. The highest BCUT2D eigenvalue weighted by atomic mass is 32.2. The maximum absolute atomic E-state index is 12.8. The fourth-order valence-corrected chi connectivity index (χ4v) is 4.46. The summed E-state index contributed by atoms with van der Waals surface area (Å²) >= 11 is 2.84. The highest BCUT2D eigenvalue weighted by molar-refractivity contribution is 8.28. The van der Waals surface area contributed by atoms with Crippen molar-refractivity contribution >= 4 is 47.2 Å². The van der Waals surface area contributed by atoms with Crippen molar-refractivity contribution in [3.05, 3.63) is 92.5 Å². The Balaban J connectivity index is 1.85. The third-order valence-electron chi connectivity index (χ3n) is 3.47. The first-order chi connectivity index (χ1) is 13.1. The number of hydrogen-bond acceptors (Lipinski definition) is 6. The first-order valence-electron chi connectivity index (χ1n) is 8.16. The molecule has 6 heteroatoms. The third-order valence-corrected chi connectivity index (χ3v) is 5.88. The molecule has 2 aromatic heterocycles. The minimum Gasteiger partial charge on any atom is -0.289 e. The van der Waals surface area contributed by atoms with Crippen LogP contribution in [0.1, 0.15) is 18.3 Å². The monoisotopic (exact) mass is 392 g/mol. The largest absolute Gasteiger partial charge is 0.289 e. The SMILES string of the molecule is CC1=CSC(=C(C(=O)/C=C/c2ccccn2)C(=O)/C=C/c2ccccn2)S1. The van der Waals surface area contributed by atoms with Crippen LogP contribution < -0.4 is 0 Å². The summed E-state index contributed by atoms with van der Waals surface area (Å²) in [6, 6.07) is 10.9. The molecule has 0 aliphatic carbocycles. The molecular weight excluding hydrogens is 376 g/mol. The molecule has 0 bridgehead atoms. The second-order valence-corrected chi connectivity index (χ2v) is 7.91. The van der Waals surface area contributed by atoms with Gasteiger partial charge in [0.25, 0.3) is 0 Å². The second kappa shape index (κ2) is 9.30. The Morgan fingerprint density at radius 1 is 0.889 bits per heavy atom. The van der Waals surface area contributed by atoms with E-state index in [1.807, 2.05) is 24.5 Å². The van der Waals surface area contributed by atoms with Gasteiger partial charge in [0.15, 0.2) is 11.6 Å². The summed E-state index contributed by atoms with van der Waals surface area (Å²) in [6.45, 7) is 1.95. The fraction of sp³-hybridized carbons (Fsp3) is 0.0476. The van der Waals surface area contributed by atoms with Crippen molar-refractivity contribution in [1.29, 1.82) is 0 Å². The van der Waals surface area contributed by atoms with E-state index >= 15 is 0 Å². The molecule has 0 unspecified atom stereocenters. The van der Waals surface area contributed by atoms with E-state index in [2.05, 4.69) is 9.97 Å². The van der Waals surface area contributed by atoms with Gasteiger partial charge in [-0.05, 0) is 65.8 Å². The summed E-state index contributed by atoms with van der Waals surface area (Å²) in [5.41, 5.74) is 1.48. The van der Waals surface area contributed by atoms with Crippen LogP contribution in [0.2, 0.25) is 0 Å². The molecule has 0 N–H and O–H groups in total. The second-order valence-electron chi connectivity index (χ2n) is 5.52. The molecule has 0 fully saturated rings. The van der Waals surface area contributed by atoms with E-state index in [1.165, 1.54) is 35.7 Å². The molecule has 0 amide bonds. The zero-order valence-electron chi connectivity index (χ0n) is 14.5. The van der Waals surface area contributed by atoms with Gasteiger partial charge in [0.2, 0.25) is 0 Å². The number of aromatic nitrogens is 2. The number of allylic oxidation sites excluding steroid dienone is 4. The van der Waals surface area contributed by atoms with Gasteiger partial charge in [-0.2, -0.15) is 0 Å². The van der Waals surface area contributed by atoms with E-state index < -0.39 is 0 Å². The number of pyridine rings is 2. The predicted molar refractivity (Wildman–Crippen MR) is 113 cm³/mol. The molecule has 0 aromatic carbocycles. The number of thioether (sulfide) groups is 2. The van der Waals surface area contributed by atoms with E-state index in [1.54, 1.807) is 48.8 Å². The summed E-state index contributed by atoms with van der Waals surface area (Å²) in [4.78, 5) is 34.9. The molecule has 134 valence electrons. The molecule has 0 saturated carbocycles. The predicted octanol–water partition coefficient (Wildman–Crippen LogP) is 4.89. The summed E-state index contributed by atoms with van der Waals surface area (Å²) in [5, 5.41) is 1.94. The summed E-state index contributed by atoms with van der Waals surface area (Å²) < 4.78 is 0.693. The Hall–Kier alpha value is -2.70. The molecule has 0 radical (unpaired) electrons. The lowest BCUT2D eigenvalue weighted by atomic mass is 10.1. The van der Waals surface area contributed by atoms with E-state index in [0.717, 1.165) is 4.91 Å². The molecule has 0 atom stereocenters. The van der Waals surface area contributed by atoms with Crippen molar-refractivity contribution in [1.82, 2.24) is 9.97 Å². The maximum atomic E-state index is 12.8.